The first-order valence-electron chi connectivity index (χ1n) is 5.76. The van der Waals surface area contributed by atoms with Crippen molar-refractivity contribution in [3.8, 4) is 0 Å². The molecule has 2 atom stereocenters. The number of nitrogens with zero attached hydrogens (tertiary/aromatic N) is 1. The number of aromatic nitrogens is 1. The number of fused-ring (bicyclic) bond motifs is 1. The molecule has 2 aromatic rings. The van der Waals surface area contributed by atoms with E-state index in [1.165, 1.54) is 0 Å². The molecule has 0 bridgehead atoms. The smallest absolute Gasteiger partial charge is 0.0829 e. The normalized spacial score (nSPS) is 14.8. The van der Waals surface area contributed by atoms with Crippen molar-refractivity contribution in [2.45, 2.75) is 25.6 Å². The quantitative estimate of drug-likeness (QED) is 0.879. The monoisotopic (exact) mass is 231 g/mol. The molecule has 0 aliphatic carbocycles. The first-order chi connectivity index (χ1) is 8.20. The van der Waals surface area contributed by atoms with E-state index in [1.54, 1.807) is 13.3 Å². The van der Waals surface area contributed by atoms with Crippen LogP contribution in [0.4, 0.5) is 0 Å². The number of ether oxygens (including phenoxy) is 1. The Kier molecular flexibility index (Phi) is 3.71. The van der Waals surface area contributed by atoms with Gasteiger partial charge in [0.1, 0.15) is 0 Å². The van der Waals surface area contributed by atoms with Gasteiger partial charge in [-0.2, -0.15) is 0 Å². The summed E-state index contributed by atoms with van der Waals surface area (Å²) in [5.41, 5.74) is 1.79. The van der Waals surface area contributed by atoms with Crippen LogP contribution in [0.25, 0.3) is 10.9 Å². The van der Waals surface area contributed by atoms with Crippen LogP contribution in [0.2, 0.25) is 0 Å². The van der Waals surface area contributed by atoms with Gasteiger partial charge < -0.3 is 9.84 Å². The summed E-state index contributed by atoms with van der Waals surface area (Å²) in [5.74, 6) is 0. The summed E-state index contributed by atoms with van der Waals surface area (Å²) >= 11 is 0. The molecule has 0 spiro atoms. The van der Waals surface area contributed by atoms with Crippen LogP contribution in [0.3, 0.4) is 0 Å². The molecule has 1 aromatic heterocycles. The Hall–Kier alpha value is -1.45. The maximum Gasteiger partial charge on any atom is 0.0829 e. The molecule has 3 heteroatoms. The van der Waals surface area contributed by atoms with E-state index >= 15 is 0 Å². The number of aliphatic hydroxyl groups is 1. The fourth-order valence-corrected chi connectivity index (χ4v) is 1.82. The zero-order chi connectivity index (χ0) is 12.3. The topological polar surface area (TPSA) is 42.4 Å². The summed E-state index contributed by atoms with van der Waals surface area (Å²) in [4.78, 5) is 4.33. The van der Waals surface area contributed by atoms with Crippen LogP contribution in [0, 0.1) is 0 Å². The van der Waals surface area contributed by atoms with Crippen LogP contribution < -0.4 is 0 Å². The first-order valence-corrected chi connectivity index (χ1v) is 5.76. The van der Waals surface area contributed by atoms with Gasteiger partial charge >= 0.3 is 0 Å². The molecule has 17 heavy (non-hydrogen) atoms. The molecule has 1 N–H and O–H groups in total. The molecule has 0 aliphatic heterocycles. The third kappa shape index (κ3) is 2.81. The molecule has 1 aromatic carbocycles. The highest BCUT2D eigenvalue weighted by Gasteiger charge is 2.12. The average molecular weight is 231 g/mol. The number of para-hydroxylation sites is 1. The van der Waals surface area contributed by atoms with E-state index in [0.29, 0.717) is 6.42 Å². The molecule has 0 aliphatic rings. The summed E-state index contributed by atoms with van der Waals surface area (Å²) in [6.07, 6.45) is 1.82. The molecule has 0 saturated carbocycles. The van der Waals surface area contributed by atoms with E-state index in [2.05, 4.69) is 4.98 Å². The first kappa shape index (κ1) is 12.0. The Balaban J connectivity index is 2.23. The predicted molar refractivity (Wildman–Crippen MR) is 67.8 cm³/mol. The lowest BCUT2D eigenvalue weighted by Crippen LogP contribution is -2.11. The highest BCUT2D eigenvalue weighted by Crippen LogP contribution is 2.22. The standard InChI is InChI=1S/C14H17NO2/c1-10(17-2)7-14(16)12-8-11-5-3-4-6-13(11)15-9-12/h3-6,8-10,14,16H,7H2,1-2H3. The fraction of sp³-hybridized carbons (Fsp3) is 0.357. The number of benzene rings is 1. The average Bonchev–Trinajstić information content (AvgIpc) is 2.38. The number of hydrogen-bond acceptors (Lipinski definition) is 3. The second-order valence-electron chi connectivity index (χ2n) is 4.26. The highest BCUT2D eigenvalue weighted by atomic mass is 16.5. The molecule has 0 radical (unpaired) electrons. The van der Waals surface area contributed by atoms with Crippen molar-refractivity contribution < 1.29 is 9.84 Å². The van der Waals surface area contributed by atoms with E-state index in [0.717, 1.165) is 16.5 Å². The second kappa shape index (κ2) is 5.25. The van der Waals surface area contributed by atoms with Crippen LogP contribution in [0.1, 0.15) is 25.0 Å². The minimum Gasteiger partial charge on any atom is -0.388 e. The van der Waals surface area contributed by atoms with Gasteiger partial charge in [-0.25, -0.2) is 0 Å². The molecular formula is C14H17NO2. The van der Waals surface area contributed by atoms with Crippen molar-refractivity contribution in [3.05, 3.63) is 42.1 Å². The van der Waals surface area contributed by atoms with Crippen LogP contribution >= 0.6 is 0 Å². The Labute approximate surface area is 101 Å². The highest BCUT2D eigenvalue weighted by molar-refractivity contribution is 5.78. The fourth-order valence-electron chi connectivity index (χ4n) is 1.82. The molecular weight excluding hydrogens is 214 g/mol. The third-order valence-electron chi connectivity index (χ3n) is 2.95. The molecule has 0 fully saturated rings. The summed E-state index contributed by atoms with van der Waals surface area (Å²) in [6.45, 7) is 1.94. The van der Waals surface area contributed by atoms with Crippen molar-refractivity contribution in [1.29, 1.82) is 0 Å². The zero-order valence-corrected chi connectivity index (χ0v) is 10.1. The van der Waals surface area contributed by atoms with E-state index in [9.17, 15) is 5.11 Å². The zero-order valence-electron chi connectivity index (χ0n) is 10.1. The van der Waals surface area contributed by atoms with E-state index in [4.69, 9.17) is 4.74 Å². The Morgan fingerprint density at radius 2 is 2.12 bits per heavy atom. The van der Waals surface area contributed by atoms with E-state index < -0.39 is 6.10 Å². The van der Waals surface area contributed by atoms with Crippen LogP contribution in [0.5, 0.6) is 0 Å². The predicted octanol–water partition coefficient (Wildman–Crippen LogP) is 2.69. The maximum atomic E-state index is 10.1. The van der Waals surface area contributed by atoms with Crippen molar-refractivity contribution in [1.82, 2.24) is 4.98 Å². The summed E-state index contributed by atoms with van der Waals surface area (Å²) in [7, 11) is 1.65. The molecule has 0 saturated heterocycles. The summed E-state index contributed by atoms with van der Waals surface area (Å²) in [6, 6.07) is 9.87. The van der Waals surface area contributed by atoms with Crippen LogP contribution in [0.15, 0.2) is 36.5 Å². The van der Waals surface area contributed by atoms with E-state index in [-0.39, 0.29) is 6.10 Å². The van der Waals surface area contributed by atoms with Gasteiger partial charge in [-0.05, 0) is 24.6 Å². The molecule has 2 rings (SSSR count). The lowest BCUT2D eigenvalue weighted by molar-refractivity contribution is 0.0559. The Bertz CT molecular complexity index is 498. The van der Waals surface area contributed by atoms with Crippen LogP contribution in [-0.4, -0.2) is 23.3 Å². The maximum absolute atomic E-state index is 10.1. The van der Waals surface area contributed by atoms with Crippen molar-refractivity contribution in [2.24, 2.45) is 0 Å². The van der Waals surface area contributed by atoms with Gasteiger partial charge in [-0.3, -0.25) is 4.98 Å². The minimum atomic E-state index is -0.526. The van der Waals surface area contributed by atoms with Gasteiger partial charge in [0.25, 0.3) is 0 Å². The van der Waals surface area contributed by atoms with Gasteiger partial charge in [0.05, 0.1) is 17.7 Å². The molecule has 2 unspecified atom stereocenters. The third-order valence-corrected chi connectivity index (χ3v) is 2.95. The number of rotatable bonds is 4. The van der Waals surface area contributed by atoms with Crippen molar-refractivity contribution >= 4 is 10.9 Å². The van der Waals surface area contributed by atoms with Crippen LogP contribution in [-0.2, 0) is 4.74 Å². The van der Waals surface area contributed by atoms with Crippen molar-refractivity contribution in [3.63, 3.8) is 0 Å². The summed E-state index contributed by atoms with van der Waals surface area (Å²) in [5, 5.41) is 11.1. The van der Waals surface area contributed by atoms with Crippen molar-refractivity contribution in [2.75, 3.05) is 7.11 Å². The lowest BCUT2D eigenvalue weighted by Gasteiger charge is -2.15. The SMILES string of the molecule is COC(C)CC(O)c1cnc2ccccc2c1. The van der Waals surface area contributed by atoms with Gasteiger partial charge in [0, 0.05) is 25.1 Å². The summed E-state index contributed by atoms with van der Waals surface area (Å²) < 4.78 is 5.15. The van der Waals surface area contributed by atoms with Gasteiger partial charge in [0.2, 0.25) is 0 Å². The van der Waals surface area contributed by atoms with Gasteiger partial charge in [-0.1, -0.05) is 18.2 Å². The Morgan fingerprint density at radius 3 is 2.88 bits per heavy atom. The minimum absolute atomic E-state index is 0.0384. The van der Waals surface area contributed by atoms with Gasteiger partial charge in [0.15, 0.2) is 0 Å². The number of pyridine rings is 1. The Morgan fingerprint density at radius 1 is 1.35 bits per heavy atom. The molecule has 0 amide bonds. The van der Waals surface area contributed by atoms with E-state index in [1.807, 2.05) is 37.3 Å². The largest absolute Gasteiger partial charge is 0.388 e. The lowest BCUT2D eigenvalue weighted by atomic mass is 10.0. The molecule has 3 nitrogen and oxygen atoms in total. The number of hydrogen-bond donors (Lipinski definition) is 1. The van der Waals surface area contributed by atoms with Gasteiger partial charge in [-0.15, -0.1) is 0 Å². The number of aliphatic hydroxyl groups excluding tert-OH is 1. The second-order valence-corrected chi connectivity index (χ2v) is 4.26. The number of methoxy groups -OCH3 is 1. The molecule has 1 heterocycles. The molecule has 90 valence electrons.